The van der Waals surface area contributed by atoms with E-state index < -0.39 is 0 Å². The minimum absolute atomic E-state index is 0.178. The second-order valence-electron chi connectivity index (χ2n) is 3.01. The van der Waals surface area contributed by atoms with E-state index in [1.165, 1.54) is 0 Å². The zero-order valence-corrected chi connectivity index (χ0v) is 6.83. The Balaban J connectivity index is 2.93. The van der Waals surface area contributed by atoms with E-state index in [1.807, 2.05) is 26.0 Å². The first-order chi connectivity index (χ1) is 5.17. The zero-order valence-electron chi connectivity index (χ0n) is 6.83. The first-order valence-corrected chi connectivity index (χ1v) is 3.55. The van der Waals surface area contributed by atoms with E-state index in [-0.39, 0.29) is 5.54 Å². The second kappa shape index (κ2) is 2.98. The van der Waals surface area contributed by atoms with Crippen LogP contribution in [0.3, 0.4) is 0 Å². The van der Waals surface area contributed by atoms with E-state index in [0.717, 1.165) is 5.56 Å². The lowest BCUT2D eigenvalue weighted by Gasteiger charge is -2.23. The minimum Gasteiger partial charge on any atom is -0.271 e. The molecule has 1 rings (SSSR count). The first kappa shape index (κ1) is 8.17. The lowest BCUT2D eigenvalue weighted by atomic mass is 9.97. The Labute approximate surface area is 66.6 Å². The summed E-state index contributed by atoms with van der Waals surface area (Å²) in [7, 11) is 0. The molecule has 0 aromatic carbocycles. The van der Waals surface area contributed by atoms with Gasteiger partial charge in [-0.05, 0) is 31.5 Å². The van der Waals surface area contributed by atoms with Gasteiger partial charge in [-0.15, -0.1) is 0 Å². The maximum absolute atomic E-state index is 5.37. The van der Waals surface area contributed by atoms with Crippen LogP contribution in [0.25, 0.3) is 0 Å². The van der Waals surface area contributed by atoms with Gasteiger partial charge in [0.25, 0.3) is 0 Å². The third kappa shape index (κ3) is 1.76. The Morgan fingerprint density at radius 2 is 1.91 bits per heavy atom. The zero-order chi connectivity index (χ0) is 8.32. The van der Waals surface area contributed by atoms with Gasteiger partial charge in [0.15, 0.2) is 0 Å². The number of nitrogens with two attached hydrogens (primary N) is 1. The topological polar surface area (TPSA) is 50.9 Å². The minimum atomic E-state index is -0.178. The van der Waals surface area contributed by atoms with Crippen LogP contribution in [0, 0.1) is 0 Å². The molecular weight excluding hydrogens is 138 g/mol. The Morgan fingerprint density at radius 3 is 2.36 bits per heavy atom. The molecule has 0 bridgehead atoms. The second-order valence-corrected chi connectivity index (χ2v) is 3.01. The van der Waals surface area contributed by atoms with Gasteiger partial charge >= 0.3 is 0 Å². The molecule has 0 saturated heterocycles. The van der Waals surface area contributed by atoms with Gasteiger partial charge in [-0.1, -0.05) is 0 Å². The van der Waals surface area contributed by atoms with Gasteiger partial charge in [0.2, 0.25) is 0 Å². The van der Waals surface area contributed by atoms with Gasteiger partial charge in [-0.2, -0.15) is 0 Å². The highest BCUT2D eigenvalue weighted by Gasteiger charge is 2.16. The van der Waals surface area contributed by atoms with E-state index in [1.54, 1.807) is 12.4 Å². The molecule has 0 radical (unpaired) electrons. The molecule has 1 heterocycles. The summed E-state index contributed by atoms with van der Waals surface area (Å²) in [5.74, 6) is 5.37. The SMILES string of the molecule is CC(C)(NN)c1ccncc1. The smallest absolute Gasteiger partial charge is 0.0514 e. The van der Waals surface area contributed by atoms with E-state index in [0.29, 0.717) is 0 Å². The highest BCUT2D eigenvalue weighted by Crippen LogP contribution is 2.16. The Bertz CT molecular complexity index is 218. The molecule has 0 aliphatic carbocycles. The molecule has 0 spiro atoms. The maximum Gasteiger partial charge on any atom is 0.0514 e. The molecule has 11 heavy (non-hydrogen) atoms. The summed E-state index contributed by atoms with van der Waals surface area (Å²) in [5.41, 5.74) is 3.69. The highest BCUT2D eigenvalue weighted by atomic mass is 15.3. The van der Waals surface area contributed by atoms with Gasteiger partial charge in [-0.25, -0.2) is 0 Å². The summed E-state index contributed by atoms with van der Waals surface area (Å²) in [6.07, 6.45) is 3.52. The van der Waals surface area contributed by atoms with Crippen LogP contribution < -0.4 is 11.3 Å². The molecule has 0 amide bonds. The predicted octanol–water partition coefficient (Wildman–Crippen LogP) is 0.780. The fourth-order valence-corrected chi connectivity index (χ4v) is 0.852. The number of aromatic nitrogens is 1. The first-order valence-electron chi connectivity index (χ1n) is 3.55. The van der Waals surface area contributed by atoms with Crippen molar-refractivity contribution in [2.45, 2.75) is 19.4 Å². The van der Waals surface area contributed by atoms with Crippen molar-refractivity contribution in [2.75, 3.05) is 0 Å². The van der Waals surface area contributed by atoms with Crippen molar-refractivity contribution in [2.24, 2.45) is 5.84 Å². The van der Waals surface area contributed by atoms with Crippen LogP contribution in [0.4, 0.5) is 0 Å². The fraction of sp³-hybridized carbons (Fsp3) is 0.375. The number of hydrogen-bond donors (Lipinski definition) is 2. The van der Waals surface area contributed by atoms with Crippen LogP contribution in [-0.4, -0.2) is 4.98 Å². The summed E-state index contributed by atoms with van der Waals surface area (Å²) in [5, 5.41) is 0. The van der Waals surface area contributed by atoms with Gasteiger partial charge in [-0.3, -0.25) is 16.3 Å². The molecule has 0 atom stereocenters. The third-order valence-electron chi connectivity index (χ3n) is 1.76. The highest BCUT2D eigenvalue weighted by molar-refractivity contribution is 5.18. The lowest BCUT2D eigenvalue weighted by molar-refractivity contribution is 0.414. The molecule has 0 aliphatic heterocycles. The summed E-state index contributed by atoms with van der Waals surface area (Å²) in [6.45, 7) is 4.03. The Kier molecular flexibility index (Phi) is 2.22. The van der Waals surface area contributed by atoms with Crippen molar-refractivity contribution < 1.29 is 0 Å². The number of nitrogens with one attached hydrogen (secondary N) is 1. The van der Waals surface area contributed by atoms with Crippen molar-refractivity contribution in [3.05, 3.63) is 30.1 Å². The summed E-state index contributed by atoms with van der Waals surface area (Å²) in [6, 6.07) is 3.89. The average Bonchev–Trinajstić information content (AvgIpc) is 2.06. The van der Waals surface area contributed by atoms with Gasteiger partial charge in [0, 0.05) is 12.4 Å². The van der Waals surface area contributed by atoms with Crippen LogP contribution in [0.2, 0.25) is 0 Å². The molecule has 1 aromatic heterocycles. The summed E-state index contributed by atoms with van der Waals surface area (Å²) < 4.78 is 0. The van der Waals surface area contributed by atoms with Crippen molar-refractivity contribution in [3.63, 3.8) is 0 Å². The number of rotatable bonds is 2. The fourth-order valence-electron chi connectivity index (χ4n) is 0.852. The third-order valence-corrected chi connectivity index (χ3v) is 1.76. The number of nitrogens with zero attached hydrogens (tertiary/aromatic N) is 1. The standard InChI is InChI=1S/C8H13N3/c1-8(2,11-9)7-3-5-10-6-4-7/h3-6,11H,9H2,1-2H3. The van der Waals surface area contributed by atoms with E-state index in [4.69, 9.17) is 5.84 Å². The molecule has 0 saturated carbocycles. The largest absolute Gasteiger partial charge is 0.271 e. The molecule has 3 N–H and O–H groups in total. The number of pyridine rings is 1. The van der Waals surface area contributed by atoms with Crippen LogP contribution in [0.15, 0.2) is 24.5 Å². The van der Waals surface area contributed by atoms with Crippen LogP contribution >= 0.6 is 0 Å². The van der Waals surface area contributed by atoms with Crippen molar-refractivity contribution in [1.82, 2.24) is 10.4 Å². The summed E-state index contributed by atoms with van der Waals surface area (Å²) >= 11 is 0. The van der Waals surface area contributed by atoms with Crippen LogP contribution in [0.5, 0.6) is 0 Å². The predicted molar refractivity (Wildman–Crippen MR) is 44.6 cm³/mol. The number of hydrogen-bond acceptors (Lipinski definition) is 3. The molecule has 3 nitrogen and oxygen atoms in total. The quantitative estimate of drug-likeness (QED) is 0.485. The van der Waals surface area contributed by atoms with Crippen molar-refractivity contribution in [1.29, 1.82) is 0 Å². The molecule has 0 fully saturated rings. The number of hydrazine groups is 1. The van der Waals surface area contributed by atoms with Gasteiger partial charge < -0.3 is 0 Å². The Hall–Kier alpha value is -0.930. The summed E-state index contributed by atoms with van der Waals surface area (Å²) in [4.78, 5) is 3.92. The molecule has 0 unspecified atom stereocenters. The van der Waals surface area contributed by atoms with Crippen molar-refractivity contribution in [3.8, 4) is 0 Å². The van der Waals surface area contributed by atoms with E-state index >= 15 is 0 Å². The van der Waals surface area contributed by atoms with Gasteiger partial charge in [0.05, 0.1) is 5.54 Å². The Morgan fingerprint density at radius 1 is 1.36 bits per heavy atom. The molecule has 0 aliphatic rings. The van der Waals surface area contributed by atoms with E-state index in [9.17, 15) is 0 Å². The molecular formula is C8H13N3. The van der Waals surface area contributed by atoms with Crippen LogP contribution in [0.1, 0.15) is 19.4 Å². The van der Waals surface area contributed by atoms with Gasteiger partial charge in [0.1, 0.15) is 0 Å². The maximum atomic E-state index is 5.37. The van der Waals surface area contributed by atoms with Crippen molar-refractivity contribution >= 4 is 0 Å². The average molecular weight is 151 g/mol. The molecule has 3 heteroatoms. The van der Waals surface area contributed by atoms with Crippen LogP contribution in [-0.2, 0) is 5.54 Å². The lowest BCUT2D eigenvalue weighted by Crippen LogP contribution is -2.41. The molecule has 60 valence electrons. The monoisotopic (exact) mass is 151 g/mol. The van der Waals surface area contributed by atoms with E-state index in [2.05, 4.69) is 10.4 Å². The molecule has 1 aromatic rings. The normalized spacial score (nSPS) is 11.5.